The Morgan fingerprint density at radius 3 is 2.41 bits per heavy atom. The lowest BCUT2D eigenvalue weighted by Gasteiger charge is -2.33. The summed E-state index contributed by atoms with van der Waals surface area (Å²) < 4.78 is 0. The van der Waals surface area contributed by atoms with Crippen LogP contribution in [-0.4, -0.2) is 29.2 Å². The Labute approximate surface area is 134 Å². The maximum Gasteiger partial charge on any atom is 0.230 e. The van der Waals surface area contributed by atoms with E-state index in [-0.39, 0.29) is 18.1 Å². The normalized spacial score (nSPS) is 21.5. The highest BCUT2D eigenvalue weighted by atomic mass is 16.3. The average Bonchev–Trinajstić information content (AvgIpc) is 2.46. The molecule has 1 rings (SSSR count). The van der Waals surface area contributed by atoms with Crippen molar-refractivity contribution in [1.82, 2.24) is 10.6 Å². The van der Waals surface area contributed by atoms with Crippen LogP contribution >= 0.6 is 0 Å². The van der Waals surface area contributed by atoms with Gasteiger partial charge in [-0.05, 0) is 25.8 Å². The van der Waals surface area contributed by atoms with E-state index < -0.39 is 5.85 Å². The second-order valence-electron chi connectivity index (χ2n) is 6.38. The summed E-state index contributed by atoms with van der Waals surface area (Å²) in [4.78, 5) is 23.6. The highest BCUT2D eigenvalue weighted by Crippen LogP contribution is 2.14. The molecule has 5 heteroatoms. The number of nitrogens with one attached hydrogen (secondary N) is 2. The van der Waals surface area contributed by atoms with E-state index in [4.69, 9.17) is 0 Å². The minimum atomic E-state index is -1.32. The molecule has 0 aliphatic carbocycles. The van der Waals surface area contributed by atoms with Gasteiger partial charge in [0.2, 0.25) is 5.91 Å². The molecule has 128 valence electrons. The van der Waals surface area contributed by atoms with E-state index in [0.29, 0.717) is 19.4 Å². The van der Waals surface area contributed by atoms with E-state index in [1.807, 2.05) is 0 Å². The van der Waals surface area contributed by atoms with Crippen LogP contribution in [0.15, 0.2) is 0 Å². The molecule has 1 aliphatic rings. The number of rotatable bonds is 11. The minimum absolute atomic E-state index is 0.0366. The van der Waals surface area contributed by atoms with Gasteiger partial charge >= 0.3 is 0 Å². The van der Waals surface area contributed by atoms with Gasteiger partial charge in [0.25, 0.3) is 0 Å². The van der Waals surface area contributed by atoms with Gasteiger partial charge in [-0.25, -0.2) is 0 Å². The number of aliphatic hydroxyl groups is 1. The van der Waals surface area contributed by atoms with Gasteiger partial charge in [0.1, 0.15) is 5.78 Å². The molecule has 0 aromatic heterocycles. The Balaban J connectivity index is 2.07. The quantitative estimate of drug-likeness (QED) is 0.311. The van der Waals surface area contributed by atoms with E-state index in [1.54, 1.807) is 0 Å². The van der Waals surface area contributed by atoms with Crippen molar-refractivity contribution in [2.24, 2.45) is 0 Å². The first-order chi connectivity index (χ1) is 10.6. The van der Waals surface area contributed by atoms with Gasteiger partial charge in [0.05, 0.1) is 6.42 Å². The van der Waals surface area contributed by atoms with Crippen LogP contribution in [0.5, 0.6) is 0 Å². The molecule has 1 aliphatic heterocycles. The van der Waals surface area contributed by atoms with Crippen LogP contribution in [-0.2, 0) is 9.59 Å². The molecule has 0 aromatic carbocycles. The fourth-order valence-corrected chi connectivity index (χ4v) is 2.82. The summed E-state index contributed by atoms with van der Waals surface area (Å²) in [5, 5.41) is 15.5. The van der Waals surface area contributed by atoms with Crippen molar-refractivity contribution in [3.05, 3.63) is 0 Å². The predicted molar refractivity (Wildman–Crippen MR) is 87.2 cm³/mol. The van der Waals surface area contributed by atoms with Gasteiger partial charge in [-0.3, -0.25) is 14.9 Å². The molecule has 1 atom stereocenters. The second kappa shape index (κ2) is 10.7. The number of unbranched alkanes of at least 4 members (excludes halogenated alkanes) is 6. The molecule has 1 fully saturated rings. The molecule has 0 spiro atoms. The van der Waals surface area contributed by atoms with Crippen molar-refractivity contribution < 1.29 is 14.7 Å². The fourth-order valence-electron chi connectivity index (χ4n) is 2.82. The van der Waals surface area contributed by atoms with Gasteiger partial charge in [-0.2, -0.15) is 0 Å². The van der Waals surface area contributed by atoms with Crippen LogP contribution in [0.25, 0.3) is 0 Å². The van der Waals surface area contributed by atoms with Crippen LogP contribution in [0.4, 0.5) is 0 Å². The lowest BCUT2D eigenvalue weighted by molar-refractivity contribution is -0.136. The Hall–Kier alpha value is -0.940. The number of carbonyl (C=O) groups is 2. The Morgan fingerprint density at radius 1 is 1.09 bits per heavy atom. The standard InChI is InChI=1S/C17H32N2O3/c1-2-3-4-5-6-7-8-11-15(20)14-16(21)19-17(22)12-9-10-13-18-17/h18,22H,2-14H2,1H3,(H,19,21)/t17-/m0/s1. The maximum atomic E-state index is 11.8. The van der Waals surface area contributed by atoms with Gasteiger partial charge < -0.3 is 10.4 Å². The van der Waals surface area contributed by atoms with Crippen LogP contribution in [0.3, 0.4) is 0 Å². The topological polar surface area (TPSA) is 78.4 Å². The third-order valence-corrected chi connectivity index (χ3v) is 4.15. The zero-order chi connectivity index (χ0) is 16.3. The molecular formula is C17H32N2O3. The van der Waals surface area contributed by atoms with E-state index in [9.17, 15) is 14.7 Å². The Morgan fingerprint density at radius 2 is 1.77 bits per heavy atom. The molecule has 0 unspecified atom stereocenters. The Kier molecular flexibility index (Phi) is 9.32. The number of carbonyl (C=O) groups excluding carboxylic acids is 2. The molecule has 0 bridgehead atoms. The summed E-state index contributed by atoms with van der Waals surface area (Å²) >= 11 is 0. The van der Waals surface area contributed by atoms with Crippen LogP contribution in [0.1, 0.15) is 84.0 Å². The van der Waals surface area contributed by atoms with Gasteiger partial charge in [-0.1, -0.05) is 45.4 Å². The van der Waals surface area contributed by atoms with E-state index in [0.717, 1.165) is 25.7 Å². The third kappa shape index (κ3) is 8.49. The summed E-state index contributed by atoms with van der Waals surface area (Å²) in [6.45, 7) is 2.88. The molecule has 3 N–H and O–H groups in total. The lowest BCUT2D eigenvalue weighted by atomic mass is 10.0. The van der Waals surface area contributed by atoms with E-state index >= 15 is 0 Å². The zero-order valence-electron chi connectivity index (χ0n) is 14.0. The van der Waals surface area contributed by atoms with Crippen molar-refractivity contribution in [3.8, 4) is 0 Å². The van der Waals surface area contributed by atoms with Crippen LogP contribution in [0.2, 0.25) is 0 Å². The summed E-state index contributed by atoms with van der Waals surface area (Å²) in [6, 6.07) is 0. The van der Waals surface area contributed by atoms with Gasteiger partial charge in [0.15, 0.2) is 5.85 Å². The predicted octanol–water partition coefficient (Wildman–Crippen LogP) is 2.62. The molecule has 1 saturated heterocycles. The highest BCUT2D eigenvalue weighted by Gasteiger charge is 2.30. The molecule has 1 amide bonds. The van der Waals surface area contributed by atoms with Crippen molar-refractivity contribution in [3.63, 3.8) is 0 Å². The minimum Gasteiger partial charge on any atom is -0.358 e. The van der Waals surface area contributed by atoms with E-state index in [2.05, 4.69) is 17.6 Å². The number of ketones is 1. The highest BCUT2D eigenvalue weighted by molar-refractivity contribution is 5.98. The molecule has 0 aromatic rings. The largest absolute Gasteiger partial charge is 0.358 e. The lowest BCUT2D eigenvalue weighted by Crippen LogP contribution is -2.61. The Bertz CT molecular complexity index is 339. The first kappa shape index (κ1) is 19.1. The number of hydrogen-bond donors (Lipinski definition) is 3. The van der Waals surface area contributed by atoms with Crippen molar-refractivity contribution in [2.75, 3.05) is 6.54 Å². The van der Waals surface area contributed by atoms with Crippen molar-refractivity contribution in [1.29, 1.82) is 0 Å². The molecular weight excluding hydrogens is 280 g/mol. The van der Waals surface area contributed by atoms with Crippen molar-refractivity contribution in [2.45, 2.75) is 89.8 Å². The molecule has 22 heavy (non-hydrogen) atoms. The summed E-state index contributed by atoms with van der Waals surface area (Å²) in [5.41, 5.74) is 0. The zero-order valence-corrected chi connectivity index (χ0v) is 14.0. The third-order valence-electron chi connectivity index (χ3n) is 4.15. The monoisotopic (exact) mass is 312 g/mol. The van der Waals surface area contributed by atoms with Crippen LogP contribution < -0.4 is 10.6 Å². The molecule has 1 heterocycles. The summed E-state index contributed by atoms with van der Waals surface area (Å²) in [5.74, 6) is -1.75. The summed E-state index contributed by atoms with van der Waals surface area (Å²) in [6.07, 6.45) is 10.8. The summed E-state index contributed by atoms with van der Waals surface area (Å²) in [7, 11) is 0. The maximum absolute atomic E-state index is 11.8. The number of Topliss-reactive ketones (excluding diaryl/α,β-unsaturated/α-hetero) is 1. The number of piperidine rings is 1. The van der Waals surface area contributed by atoms with Gasteiger partial charge in [-0.15, -0.1) is 0 Å². The second-order valence-corrected chi connectivity index (χ2v) is 6.38. The number of amides is 1. The van der Waals surface area contributed by atoms with Crippen molar-refractivity contribution >= 4 is 11.7 Å². The van der Waals surface area contributed by atoms with Gasteiger partial charge in [0, 0.05) is 12.8 Å². The molecule has 0 saturated carbocycles. The SMILES string of the molecule is CCCCCCCCCC(=O)CC(=O)N[C@]1(O)CCCCN1. The first-order valence-electron chi connectivity index (χ1n) is 8.86. The fraction of sp³-hybridized carbons (Fsp3) is 0.882. The van der Waals surface area contributed by atoms with Crippen LogP contribution in [0, 0.1) is 0 Å². The number of hydrogen-bond acceptors (Lipinski definition) is 4. The smallest absolute Gasteiger partial charge is 0.230 e. The first-order valence-corrected chi connectivity index (χ1v) is 8.86. The average molecular weight is 312 g/mol. The van der Waals surface area contributed by atoms with E-state index in [1.165, 1.54) is 32.1 Å². The molecule has 5 nitrogen and oxygen atoms in total. The molecule has 0 radical (unpaired) electrons.